The Morgan fingerprint density at radius 3 is 2.32 bits per heavy atom. The third-order valence-corrected chi connectivity index (χ3v) is 5.16. The van der Waals surface area contributed by atoms with Gasteiger partial charge in [-0.2, -0.15) is 0 Å². The van der Waals surface area contributed by atoms with Gasteiger partial charge in [-0.05, 0) is 29.7 Å². The van der Waals surface area contributed by atoms with Gasteiger partial charge in [0.1, 0.15) is 10.4 Å². The van der Waals surface area contributed by atoms with Crippen LogP contribution in [0.2, 0.25) is 0 Å². The van der Waals surface area contributed by atoms with Gasteiger partial charge >= 0.3 is 5.97 Å². The first-order valence-corrected chi connectivity index (χ1v) is 8.78. The van der Waals surface area contributed by atoms with E-state index in [1.807, 2.05) is 0 Å². The van der Waals surface area contributed by atoms with Crippen molar-refractivity contribution in [2.24, 2.45) is 5.92 Å². The zero-order valence-corrected chi connectivity index (χ0v) is 15.6. The summed E-state index contributed by atoms with van der Waals surface area (Å²) in [5.74, 6) is -1.90. The third-order valence-electron chi connectivity index (χ3n) is 3.68. The Hall–Kier alpha value is -2.19. The molecule has 6 nitrogen and oxygen atoms in total. The van der Waals surface area contributed by atoms with Crippen LogP contribution in [-0.2, 0) is 9.59 Å². The molecular weight excluding hydrogens is 360 g/mol. The highest BCUT2D eigenvalue weighted by molar-refractivity contribution is 8.26. The fourth-order valence-corrected chi connectivity index (χ4v) is 3.35. The molecule has 1 atom stereocenters. The number of thiocarbonyl (C=S) groups is 1. The van der Waals surface area contributed by atoms with Gasteiger partial charge in [-0.15, -0.1) is 0 Å². The van der Waals surface area contributed by atoms with Crippen molar-refractivity contribution in [1.29, 1.82) is 0 Å². The van der Waals surface area contributed by atoms with Crippen LogP contribution in [0.4, 0.5) is 0 Å². The molecule has 2 N–H and O–H groups in total. The Kier molecular flexibility index (Phi) is 5.97. The molecule has 2 rings (SSSR count). The van der Waals surface area contributed by atoms with Crippen molar-refractivity contribution in [3.8, 4) is 0 Å². The molecule has 0 aliphatic carbocycles. The first-order valence-electron chi connectivity index (χ1n) is 7.56. The summed E-state index contributed by atoms with van der Waals surface area (Å²) in [6.07, 6.45) is 1.71. The van der Waals surface area contributed by atoms with Gasteiger partial charge in [0.25, 0.3) is 11.8 Å². The predicted molar refractivity (Wildman–Crippen MR) is 101 cm³/mol. The summed E-state index contributed by atoms with van der Waals surface area (Å²) in [5.41, 5.74) is 1.11. The molecule has 25 heavy (non-hydrogen) atoms. The van der Waals surface area contributed by atoms with E-state index in [4.69, 9.17) is 17.3 Å². The van der Waals surface area contributed by atoms with Crippen LogP contribution in [0.5, 0.6) is 0 Å². The van der Waals surface area contributed by atoms with Gasteiger partial charge in [0, 0.05) is 12.6 Å². The van der Waals surface area contributed by atoms with Crippen LogP contribution in [0.3, 0.4) is 0 Å². The highest BCUT2D eigenvalue weighted by Gasteiger charge is 2.28. The number of carboxylic acid groups (broad SMARTS) is 1. The zero-order valence-electron chi connectivity index (χ0n) is 14.0. The van der Waals surface area contributed by atoms with Gasteiger partial charge in [-0.3, -0.25) is 14.5 Å². The molecule has 2 amide bonds. The number of amides is 2. The quantitative estimate of drug-likeness (QED) is 0.604. The zero-order chi connectivity index (χ0) is 18.7. The molecule has 1 aromatic carbocycles. The number of carboxylic acids is 1. The number of nitrogens with one attached hydrogen (secondary N) is 1. The minimum atomic E-state index is -1.07. The van der Waals surface area contributed by atoms with E-state index in [0.29, 0.717) is 14.8 Å². The second kappa shape index (κ2) is 7.79. The summed E-state index contributed by atoms with van der Waals surface area (Å²) in [7, 11) is 1.62. The minimum Gasteiger partial charge on any atom is -0.480 e. The molecule has 0 aromatic heterocycles. The van der Waals surface area contributed by atoms with Crippen molar-refractivity contribution in [1.82, 2.24) is 10.2 Å². The smallest absolute Gasteiger partial charge is 0.326 e. The number of hydrogen-bond donors (Lipinski definition) is 2. The summed E-state index contributed by atoms with van der Waals surface area (Å²) < 4.78 is 0.501. The SMILES string of the molecule is CC(C)[C@H](NC(=O)c1ccc(/C=C2/SC(=S)N(C)C2=O)cc1)C(=O)O. The fraction of sp³-hybridized carbons (Fsp3) is 0.294. The summed E-state index contributed by atoms with van der Waals surface area (Å²) in [6, 6.07) is 5.63. The second-order valence-corrected chi connectivity index (χ2v) is 7.57. The average Bonchev–Trinajstić information content (AvgIpc) is 2.79. The second-order valence-electron chi connectivity index (χ2n) is 5.90. The number of aliphatic carboxylic acids is 1. The van der Waals surface area contributed by atoms with Crippen molar-refractivity contribution in [2.75, 3.05) is 7.05 Å². The van der Waals surface area contributed by atoms with Gasteiger partial charge in [0.2, 0.25) is 0 Å². The van der Waals surface area contributed by atoms with E-state index >= 15 is 0 Å². The molecule has 0 bridgehead atoms. The lowest BCUT2D eigenvalue weighted by Gasteiger charge is -2.17. The lowest BCUT2D eigenvalue weighted by Crippen LogP contribution is -2.44. The van der Waals surface area contributed by atoms with Gasteiger partial charge in [0.15, 0.2) is 0 Å². The van der Waals surface area contributed by atoms with Crippen LogP contribution >= 0.6 is 24.0 Å². The molecule has 1 aromatic rings. The van der Waals surface area contributed by atoms with Crippen LogP contribution in [0, 0.1) is 5.92 Å². The first kappa shape index (κ1) is 19.1. The molecular formula is C17H18N2O4S2. The van der Waals surface area contributed by atoms with E-state index in [2.05, 4.69) is 5.32 Å². The number of nitrogens with zero attached hydrogens (tertiary/aromatic N) is 1. The number of hydrogen-bond acceptors (Lipinski definition) is 5. The number of carbonyl (C=O) groups excluding carboxylic acids is 2. The molecule has 8 heteroatoms. The van der Waals surface area contributed by atoms with Crippen molar-refractivity contribution in [2.45, 2.75) is 19.9 Å². The van der Waals surface area contributed by atoms with Crippen molar-refractivity contribution in [3.05, 3.63) is 40.3 Å². The number of carbonyl (C=O) groups is 3. The predicted octanol–water partition coefficient (Wildman–Crippen LogP) is 2.36. The van der Waals surface area contributed by atoms with Gasteiger partial charge in [0.05, 0.1) is 4.91 Å². The van der Waals surface area contributed by atoms with Crippen molar-refractivity contribution < 1.29 is 19.5 Å². The highest BCUT2D eigenvalue weighted by Crippen LogP contribution is 2.31. The van der Waals surface area contributed by atoms with Crippen LogP contribution in [0.15, 0.2) is 29.2 Å². The number of likely N-dealkylation sites (N-methyl/N-ethyl adjacent to an activating group) is 1. The first-order chi connectivity index (χ1) is 11.7. The lowest BCUT2D eigenvalue weighted by molar-refractivity contribution is -0.140. The van der Waals surface area contributed by atoms with Gasteiger partial charge in [-0.1, -0.05) is 50.0 Å². The number of benzene rings is 1. The molecule has 0 saturated carbocycles. The molecule has 0 unspecified atom stereocenters. The van der Waals surface area contributed by atoms with Crippen LogP contribution in [0.25, 0.3) is 6.08 Å². The Morgan fingerprint density at radius 1 is 1.28 bits per heavy atom. The van der Waals surface area contributed by atoms with Gasteiger partial charge < -0.3 is 10.4 Å². The molecule has 0 radical (unpaired) electrons. The summed E-state index contributed by atoms with van der Waals surface area (Å²) in [6.45, 7) is 3.46. The van der Waals surface area contributed by atoms with E-state index in [0.717, 1.165) is 5.56 Å². The van der Waals surface area contributed by atoms with E-state index in [1.165, 1.54) is 16.7 Å². The normalized spacial score (nSPS) is 17.3. The maximum absolute atomic E-state index is 12.2. The third kappa shape index (κ3) is 4.46. The maximum Gasteiger partial charge on any atom is 0.326 e. The molecule has 1 saturated heterocycles. The number of rotatable bonds is 5. The van der Waals surface area contributed by atoms with Crippen molar-refractivity contribution >= 4 is 52.2 Å². The van der Waals surface area contributed by atoms with Crippen molar-refractivity contribution in [3.63, 3.8) is 0 Å². The molecule has 1 aliphatic heterocycles. The highest BCUT2D eigenvalue weighted by atomic mass is 32.2. The minimum absolute atomic E-state index is 0.155. The fourth-order valence-electron chi connectivity index (χ4n) is 2.17. The Morgan fingerprint density at radius 2 is 1.88 bits per heavy atom. The lowest BCUT2D eigenvalue weighted by atomic mass is 10.0. The van der Waals surface area contributed by atoms with E-state index < -0.39 is 17.9 Å². The van der Waals surface area contributed by atoms with E-state index in [1.54, 1.807) is 51.2 Å². The Labute approximate surface area is 155 Å². The van der Waals surface area contributed by atoms with Gasteiger partial charge in [-0.25, -0.2) is 4.79 Å². The maximum atomic E-state index is 12.2. The average molecular weight is 378 g/mol. The van der Waals surface area contributed by atoms with Crippen LogP contribution < -0.4 is 5.32 Å². The molecule has 0 spiro atoms. The largest absolute Gasteiger partial charge is 0.480 e. The topological polar surface area (TPSA) is 86.7 Å². The summed E-state index contributed by atoms with van der Waals surface area (Å²) in [4.78, 5) is 37.3. The Balaban J connectivity index is 2.12. The molecule has 1 aliphatic rings. The molecule has 1 fully saturated rings. The summed E-state index contributed by atoms with van der Waals surface area (Å²) in [5, 5.41) is 11.6. The van der Waals surface area contributed by atoms with E-state index in [-0.39, 0.29) is 11.8 Å². The number of thioether (sulfide) groups is 1. The van der Waals surface area contributed by atoms with Crippen LogP contribution in [-0.4, -0.2) is 45.2 Å². The Bertz CT molecular complexity index is 756. The monoisotopic (exact) mass is 378 g/mol. The molecule has 132 valence electrons. The standard InChI is InChI=1S/C17H18N2O4S2/c1-9(2)13(16(22)23)18-14(20)11-6-4-10(5-7-11)8-12-15(21)19(3)17(24)25-12/h4-9,13H,1-3H3,(H,18,20)(H,22,23)/b12-8+/t13-/m0/s1. The van der Waals surface area contributed by atoms with Crippen LogP contribution in [0.1, 0.15) is 29.8 Å². The van der Waals surface area contributed by atoms with E-state index in [9.17, 15) is 14.4 Å². The summed E-state index contributed by atoms with van der Waals surface area (Å²) >= 11 is 6.30. The molecule has 1 heterocycles.